The molecule has 2 N–H and O–H groups in total. The van der Waals surface area contributed by atoms with E-state index in [9.17, 15) is 4.79 Å². The molecule has 28 heavy (non-hydrogen) atoms. The molecule has 3 aromatic rings. The van der Waals surface area contributed by atoms with E-state index in [4.69, 9.17) is 10.7 Å². The Morgan fingerprint density at radius 1 is 1.04 bits per heavy atom. The topological polar surface area (TPSA) is 56.0 Å². The maximum Gasteiger partial charge on any atom is 0.249 e. The summed E-state index contributed by atoms with van der Waals surface area (Å²) in [5.74, 6) is 0.686. The Bertz CT molecular complexity index is 1000. The lowest BCUT2D eigenvalue weighted by Gasteiger charge is -2.29. The highest BCUT2D eigenvalue weighted by Crippen LogP contribution is 2.40. The number of nitrogens with two attached hydrogens (primary N) is 1. The number of carbonyl (C=O) groups is 1. The summed E-state index contributed by atoms with van der Waals surface area (Å²) < 4.78 is 0. The number of rotatable bonds is 4. The fourth-order valence-corrected chi connectivity index (χ4v) is 4.89. The van der Waals surface area contributed by atoms with Crippen LogP contribution < -0.4 is 5.73 Å². The number of primary amides is 1. The fraction of sp³-hybridized carbons (Fsp3) is 0.360. The van der Waals surface area contributed by atoms with Gasteiger partial charge in [-0.05, 0) is 48.8 Å². The maximum atomic E-state index is 12.6. The second kappa shape index (κ2) is 7.75. The van der Waals surface area contributed by atoms with Crippen LogP contribution in [0, 0.1) is 12.8 Å². The van der Waals surface area contributed by atoms with Crippen LogP contribution in [0.2, 0.25) is 0 Å². The second-order valence-corrected chi connectivity index (χ2v) is 8.12. The molecule has 0 radical (unpaired) electrons. The zero-order valence-electron chi connectivity index (χ0n) is 16.7. The second-order valence-electron chi connectivity index (χ2n) is 8.12. The Labute approximate surface area is 167 Å². The van der Waals surface area contributed by atoms with Gasteiger partial charge in [-0.1, -0.05) is 68.7 Å². The standard InChI is InChI=1S/C25H28N2O/c1-16(18-10-5-3-6-11-18)20-14-9-15-21-23(20)22(25(26)28)17(2)24(27-21)19-12-7-4-8-13-19/h4,7-9,12-16,18H,3,5-6,10-11H2,1-2H3,(H2,26,28)/t16-/m0/s1. The third kappa shape index (κ3) is 3.30. The van der Waals surface area contributed by atoms with Crippen molar-refractivity contribution in [2.45, 2.75) is 51.9 Å². The lowest BCUT2D eigenvalue weighted by atomic mass is 9.76. The monoisotopic (exact) mass is 372 g/mol. The highest BCUT2D eigenvalue weighted by Gasteiger charge is 2.26. The molecule has 0 saturated heterocycles. The predicted molar refractivity (Wildman–Crippen MR) is 115 cm³/mol. The van der Waals surface area contributed by atoms with Gasteiger partial charge in [0.25, 0.3) is 0 Å². The van der Waals surface area contributed by atoms with E-state index in [1.54, 1.807) is 0 Å². The Morgan fingerprint density at radius 2 is 1.75 bits per heavy atom. The van der Waals surface area contributed by atoms with Gasteiger partial charge in [0.05, 0.1) is 16.8 Å². The highest BCUT2D eigenvalue weighted by atomic mass is 16.1. The minimum absolute atomic E-state index is 0.370. The quantitative estimate of drug-likeness (QED) is 0.611. The Balaban J connectivity index is 1.94. The average molecular weight is 373 g/mol. The molecule has 0 aliphatic heterocycles. The zero-order chi connectivity index (χ0) is 19.7. The first kappa shape index (κ1) is 18.7. The van der Waals surface area contributed by atoms with Crippen molar-refractivity contribution in [2.75, 3.05) is 0 Å². The van der Waals surface area contributed by atoms with Gasteiger partial charge >= 0.3 is 0 Å². The first-order valence-electron chi connectivity index (χ1n) is 10.4. The number of amides is 1. The molecule has 1 heterocycles. The third-order valence-electron chi connectivity index (χ3n) is 6.43. The molecule has 1 fully saturated rings. The molecular weight excluding hydrogens is 344 g/mol. The summed E-state index contributed by atoms with van der Waals surface area (Å²) in [4.78, 5) is 17.5. The molecule has 1 amide bonds. The van der Waals surface area contributed by atoms with E-state index in [-0.39, 0.29) is 5.91 Å². The van der Waals surface area contributed by atoms with E-state index in [1.807, 2.05) is 43.3 Å². The fourth-order valence-electron chi connectivity index (χ4n) is 4.89. The number of aromatic nitrogens is 1. The molecule has 0 spiro atoms. The molecule has 1 atom stereocenters. The summed E-state index contributed by atoms with van der Waals surface area (Å²) in [6, 6.07) is 16.3. The van der Waals surface area contributed by atoms with Crippen LogP contribution in [-0.2, 0) is 0 Å². The minimum atomic E-state index is -0.370. The molecule has 0 unspecified atom stereocenters. The van der Waals surface area contributed by atoms with Crippen LogP contribution in [0.5, 0.6) is 0 Å². The molecule has 0 bridgehead atoms. The van der Waals surface area contributed by atoms with Crippen LogP contribution in [0.25, 0.3) is 22.2 Å². The van der Waals surface area contributed by atoms with Crippen molar-refractivity contribution in [1.82, 2.24) is 4.98 Å². The van der Waals surface area contributed by atoms with Crippen molar-refractivity contribution in [1.29, 1.82) is 0 Å². The first-order chi connectivity index (χ1) is 13.6. The summed E-state index contributed by atoms with van der Waals surface area (Å²) >= 11 is 0. The molecule has 1 aliphatic carbocycles. The predicted octanol–water partition coefficient (Wildman–Crippen LogP) is 5.99. The van der Waals surface area contributed by atoms with Crippen molar-refractivity contribution >= 4 is 16.8 Å². The number of nitrogens with zero attached hydrogens (tertiary/aromatic N) is 1. The molecule has 2 aromatic carbocycles. The van der Waals surface area contributed by atoms with Gasteiger partial charge in [0.2, 0.25) is 5.91 Å². The van der Waals surface area contributed by atoms with Gasteiger partial charge in [-0.3, -0.25) is 4.79 Å². The van der Waals surface area contributed by atoms with Crippen molar-refractivity contribution in [2.24, 2.45) is 11.7 Å². The number of benzene rings is 2. The number of pyridine rings is 1. The van der Waals surface area contributed by atoms with Crippen LogP contribution in [0.1, 0.15) is 66.4 Å². The number of carbonyl (C=O) groups excluding carboxylic acids is 1. The van der Waals surface area contributed by atoms with Crippen molar-refractivity contribution in [3.05, 3.63) is 65.2 Å². The SMILES string of the molecule is Cc1c(-c2ccccc2)nc2cccc([C@@H](C)C3CCCCC3)c2c1C(N)=O. The van der Waals surface area contributed by atoms with Gasteiger partial charge < -0.3 is 5.73 Å². The summed E-state index contributed by atoms with van der Waals surface area (Å²) in [6.07, 6.45) is 6.47. The summed E-state index contributed by atoms with van der Waals surface area (Å²) in [5.41, 5.74) is 11.3. The Kier molecular flexibility index (Phi) is 5.17. The van der Waals surface area contributed by atoms with E-state index >= 15 is 0 Å². The van der Waals surface area contributed by atoms with Gasteiger partial charge in [-0.15, -0.1) is 0 Å². The van der Waals surface area contributed by atoms with Crippen molar-refractivity contribution < 1.29 is 4.79 Å². The number of fused-ring (bicyclic) bond motifs is 1. The molecular formula is C25H28N2O. The normalized spacial score (nSPS) is 16.2. The molecule has 1 aliphatic rings. The van der Waals surface area contributed by atoms with Gasteiger partial charge in [-0.2, -0.15) is 0 Å². The molecule has 144 valence electrons. The Morgan fingerprint density at radius 3 is 2.43 bits per heavy atom. The molecule has 4 rings (SSSR count). The van der Waals surface area contributed by atoms with Crippen LogP contribution in [0.15, 0.2) is 48.5 Å². The van der Waals surface area contributed by atoms with Crippen LogP contribution >= 0.6 is 0 Å². The summed E-state index contributed by atoms with van der Waals surface area (Å²) in [5, 5.41) is 0.949. The smallest absolute Gasteiger partial charge is 0.249 e. The van der Waals surface area contributed by atoms with E-state index in [2.05, 4.69) is 19.1 Å². The highest BCUT2D eigenvalue weighted by molar-refractivity contribution is 6.09. The third-order valence-corrected chi connectivity index (χ3v) is 6.43. The van der Waals surface area contributed by atoms with E-state index in [0.29, 0.717) is 17.4 Å². The summed E-state index contributed by atoms with van der Waals surface area (Å²) in [6.45, 7) is 4.27. The van der Waals surface area contributed by atoms with E-state index < -0.39 is 0 Å². The summed E-state index contributed by atoms with van der Waals surface area (Å²) in [7, 11) is 0. The lowest BCUT2D eigenvalue weighted by molar-refractivity contribution is 0.100. The van der Waals surface area contributed by atoms with Gasteiger partial charge in [0.1, 0.15) is 0 Å². The molecule has 1 aromatic heterocycles. The molecule has 3 heteroatoms. The number of hydrogen-bond donors (Lipinski definition) is 1. The van der Waals surface area contributed by atoms with Crippen LogP contribution in [0.4, 0.5) is 0 Å². The average Bonchev–Trinajstić information content (AvgIpc) is 2.73. The van der Waals surface area contributed by atoms with E-state index in [1.165, 1.54) is 37.7 Å². The largest absolute Gasteiger partial charge is 0.366 e. The van der Waals surface area contributed by atoms with Gasteiger partial charge in [-0.25, -0.2) is 4.98 Å². The lowest BCUT2D eigenvalue weighted by Crippen LogP contribution is -2.18. The van der Waals surface area contributed by atoms with E-state index in [0.717, 1.165) is 27.7 Å². The molecule has 1 saturated carbocycles. The van der Waals surface area contributed by atoms with Crippen LogP contribution in [0.3, 0.4) is 0 Å². The van der Waals surface area contributed by atoms with Crippen molar-refractivity contribution in [3.63, 3.8) is 0 Å². The van der Waals surface area contributed by atoms with Crippen molar-refractivity contribution in [3.8, 4) is 11.3 Å². The zero-order valence-corrected chi connectivity index (χ0v) is 16.7. The van der Waals surface area contributed by atoms with Crippen LogP contribution in [-0.4, -0.2) is 10.9 Å². The first-order valence-corrected chi connectivity index (χ1v) is 10.4. The Hall–Kier alpha value is -2.68. The number of hydrogen-bond acceptors (Lipinski definition) is 2. The van der Waals surface area contributed by atoms with Gasteiger partial charge in [0.15, 0.2) is 0 Å². The maximum absolute atomic E-state index is 12.6. The molecule has 3 nitrogen and oxygen atoms in total. The van der Waals surface area contributed by atoms with Gasteiger partial charge in [0, 0.05) is 10.9 Å². The minimum Gasteiger partial charge on any atom is -0.366 e.